The first-order valence-corrected chi connectivity index (χ1v) is 8.68. The van der Waals surface area contributed by atoms with Gasteiger partial charge in [0.05, 0.1) is 11.0 Å². The van der Waals surface area contributed by atoms with Crippen LogP contribution in [-0.2, 0) is 22.6 Å². The van der Waals surface area contributed by atoms with Gasteiger partial charge >= 0.3 is 6.03 Å². The molecule has 4 amide bonds. The average Bonchev–Trinajstić information content (AvgIpc) is 3.04. The maximum Gasteiger partial charge on any atom is 0.325 e. The van der Waals surface area contributed by atoms with Crippen molar-refractivity contribution in [2.24, 2.45) is 0 Å². The van der Waals surface area contributed by atoms with Crippen LogP contribution in [0.4, 0.5) is 4.79 Å². The van der Waals surface area contributed by atoms with Crippen LogP contribution in [0.1, 0.15) is 26.6 Å². The quantitative estimate of drug-likeness (QED) is 0.755. The number of carbonyl (C=O) groups is 3. The van der Waals surface area contributed by atoms with Crippen LogP contribution < -0.4 is 10.6 Å². The molecule has 2 N–H and O–H groups in total. The molecule has 138 valence electrons. The Morgan fingerprint density at radius 3 is 2.65 bits per heavy atom. The van der Waals surface area contributed by atoms with Crippen LogP contribution in [0.15, 0.2) is 24.3 Å². The molecule has 1 aliphatic rings. The normalized spacial score (nSPS) is 16.2. The first kappa shape index (κ1) is 17.9. The Morgan fingerprint density at radius 2 is 2.00 bits per heavy atom. The molecule has 0 saturated carbocycles. The Kier molecular flexibility index (Phi) is 4.67. The predicted octanol–water partition coefficient (Wildman–Crippen LogP) is 1.05. The fourth-order valence-corrected chi connectivity index (χ4v) is 3.14. The SMILES string of the molecule is CCn1c(CCNC(=O)CN2C(=O)NC(C)(C)C2=O)nc2ccccc21. The molecular weight excluding hydrogens is 334 g/mol. The van der Waals surface area contributed by atoms with Crippen molar-refractivity contribution in [2.45, 2.75) is 39.3 Å². The fraction of sp³-hybridized carbons (Fsp3) is 0.444. The molecule has 2 aromatic rings. The number of nitrogens with one attached hydrogen (secondary N) is 2. The highest BCUT2D eigenvalue weighted by Gasteiger charge is 2.44. The van der Waals surface area contributed by atoms with E-state index in [2.05, 4.69) is 27.1 Å². The third-order valence-electron chi connectivity index (χ3n) is 4.47. The summed E-state index contributed by atoms with van der Waals surface area (Å²) < 4.78 is 2.11. The van der Waals surface area contributed by atoms with Gasteiger partial charge in [0, 0.05) is 19.5 Å². The molecule has 0 aliphatic carbocycles. The van der Waals surface area contributed by atoms with Crippen LogP contribution in [-0.4, -0.2) is 50.9 Å². The minimum Gasteiger partial charge on any atom is -0.354 e. The summed E-state index contributed by atoms with van der Waals surface area (Å²) in [6.45, 7) is 6.17. The van der Waals surface area contributed by atoms with E-state index in [-0.39, 0.29) is 12.5 Å². The molecule has 1 fully saturated rings. The zero-order valence-corrected chi connectivity index (χ0v) is 15.2. The molecule has 8 heteroatoms. The van der Waals surface area contributed by atoms with E-state index in [0.29, 0.717) is 13.0 Å². The van der Waals surface area contributed by atoms with Crippen molar-refractivity contribution in [1.82, 2.24) is 25.1 Å². The van der Waals surface area contributed by atoms with E-state index < -0.39 is 17.5 Å². The Balaban J connectivity index is 1.58. The second kappa shape index (κ2) is 6.78. The lowest BCUT2D eigenvalue weighted by atomic mass is 10.1. The Morgan fingerprint density at radius 1 is 1.27 bits per heavy atom. The zero-order valence-electron chi connectivity index (χ0n) is 15.2. The number of nitrogens with zero attached hydrogens (tertiary/aromatic N) is 3. The molecule has 2 heterocycles. The summed E-state index contributed by atoms with van der Waals surface area (Å²) in [5.74, 6) is 0.126. The van der Waals surface area contributed by atoms with Crippen LogP contribution in [0, 0.1) is 0 Å². The van der Waals surface area contributed by atoms with Gasteiger partial charge in [-0.15, -0.1) is 0 Å². The number of imide groups is 1. The third-order valence-corrected chi connectivity index (χ3v) is 4.47. The average molecular weight is 357 g/mol. The number of aromatic nitrogens is 2. The maximum absolute atomic E-state index is 12.1. The van der Waals surface area contributed by atoms with Crippen molar-refractivity contribution in [1.29, 1.82) is 0 Å². The van der Waals surface area contributed by atoms with E-state index >= 15 is 0 Å². The smallest absolute Gasteiger partial charge is 0.325 e. The summed E-state index contributed by atoms with van der Waals surface area (Å²) in [7, 11) is 0. The summed E-state index contributed by atoms with van der Waals surface area (Å²) in [6.07, 6.45) is 0.569. The molecule has 1 aliphatic heterocycles. The van der Waals surface area contributed by atoms with Crippen molar-refractivity contribution >= 4 is 28.9 Å². The van der Waals surface area contributed by atoms with Gasteiger partial charge in [0.25, 0.3) is 5.91 Å². The van der Waals surface area contributed by atoms with Gasteiger partial charge in [-0.3, -0.25) is 14.5 Å². The highest BCUT2D eigenvalue weighted by molar-refractivity contribution is 6.08. The third kappa shape index (κ3) is 3.26. The van der Waals surface area contributed by atoms with Gasteiger partial charge in [-0.1, -0.05) is 12.1 Å². The molecular formula is C18H23N5O3. The van der Waals surface area contributed by atoms with Gasteiger partial charge in [-0.05, 0) is 32.9 Å². The highest BCUT2D eigenvalue weighted by atomic mass is 16.2. The number of rotatable bonds is 6. The number of para-hydroxylation sites is 2. The lowest BCUT2D eigenvalue weighted by Gasteiger charge is -2.15. The number of amides is 4. The molecule has 0 spiro atoms. The van der Waals surface area contributed by atoms with E-state index in [1.165, 1.54) is 0 Å². The summed E-state index contributed by atoms with van der Waals surface area (Å²) in [5, 5.41) is 5.31. The van der Waals surface area contributed by atoms with Gasteiger partial charge in [-0.2, -0.15) is 0 Å². The topological polar surface area (TPSA) is 96.3 Å². The van der Waals surface area contributed by atoms with E-state index in [1.54, 1.807) is 13.8 Å². The van der Waals surface area contributed by atoms with Gasteiger partial charge in [-0.25, -0.2) is 9.78 Å². The summed E-state index contributed by atoms with van der Waals surface area (Å²) in [5.41, 5.74) is 1.03. The number of hydrogen-bond donors (Lipinski definition) is 2. The largest absolute Gasteiger partial charge is 0.354 e. The lowest BCUT2D eigenvalue weighted by molar-refractivity contribution is -0.134. The van der Waals surface area contributed by atoms with E-state index in [1.807, 2.05) is 24.3 Å². The number of fused-ring (bicyclic) bond motifs is 1. The Labute approximate surface area is 151 Å². The van der Waals surface area contributed by atoms with Gasteiger partial charge in [0.2, 0.25) is 5.91 Å². The highest BCUT2D eigenvalue weighted by Crippen LogP contribution is 2.17. The van der Waals surface area contributed by atoms with Crippen LogP contribution in [0.25, 0.3) is 11.0 Å². The summed E-state index contributed by atoms with van der Waals surface area (Å²) >= 11 is 0. The van der Waals surface area contributed by atoms with Gasteiger partial charge in [0.15, 0.2) is 0 Å². The van der Waals surface area contributed by atoms with Crippen LogP contribution in [0.2, 0.25) is 0 Å². The standard InChI is InChI=1S/C18H23N5O3/c1-4-22-13-8-6-5-7-12(13)20-14(22)9-10-19-15(24)11-23-16(25)18(2,3)21-17(23)26/h5-8H,4,9-11H2,1-3H3,(H,19,24)(H,21,26). The first-order chi connectivity index (χ1) is 12.3. The minimum absolute atomic E-state index is 0.279. The van der Waals surface area contributed by atoms with E-state index in [4.69, 9.17) is 0 Å². The Bertz CT molecular complexity index is 871. The predicted molar refractivity (Wildman–Crippen MR) is 96.4 cm³/mol. The molecule has 1 aromatic heterocycles. The van der Waals surface area contributed by atoms with Gasteiger partial charge < -0.3 is 15.2 Å². The Hall–Kier alpha value is -2.90. The first-order valence-electron chi connectivity index (χ1n) is 8.68. The van der Waals surface area contributed by atoms with Crippen molar-refractivity contribution < 1.29 is 14.4 Å². The molecule has 0 radical (unpaired) electrons. The van der Waals surface area contributed by atoms with Crippen molar-refractivity contribution in [2.75, 3.05) is 13.1 Å². The monoisotopic (exact) mass is 357 g/mol. The zero-order chi connectivity index (χ0) is 18.9. The van der Waals surface area contributed by atoms with E-state index in [0.717, 1.165) is 28.3 Å². The van der Waals surface area contributed by atoms with Crippen molar-refractivity contribution in [3.05, 3.63) is 30.1 Å². The minimum atomic E-state index is -0.969. The summed E-state index contributed by atoms with van der Waals surface area (Å²) in [4.78, 5) is 41.6. The molecule has 0 atom stereocenters. The molecule has 1 saturated heterocycles. The number of benzene rings is 1. The number of urea groups is 1. The molecule has 8 nitrogen and oxygen atoms in total. The second-order valence-electron chi connectivity index (χ2n) is 6.81. The number of hydrogen-bond acceptors (Lipinski definition) is 4. The molecule has 26 heavy (non-hydrogen) atoms. The molecule has 3 rings (SSSR count). The van der Waals surface area contributed by atoms with Crippen LogP contribution in [0.3, 0.4) is 0 Å². The number of imidazole rings is 1. The summed E-state index contributed by atoms with van der Waals surface area (Å²) in [6, 6.07) is 7.36. The maximum atomic E-state index is 12.1. The van der Waals surface area contributed by atoms with Crippen molar-refractivity contribution in [3.8, 4) is 0 Å². The molecule has 0 bridgehead atoms. The number of carbonyl (C=O) groups excluding carboxylic acids is 3. The number of aryl methyl sites for hydroxylation is 1. The van der Waals surface area contributed by atoms with Gasteiger partial charge in [0.1, 0.15) is 17.9 Å². The second-order valence-corrected chi connectivity index (χ2v) is 6.81. The fourth-order valence-electron chi connectivity index (χ4n) is 3.14. The molecule has 0 unspecified atom stereocenters. The van der Waals surface area contributed by atoms with Crippen molar-refractivity contribution in [3.63, 3.8) is 0 Å². The lowest BCUT2D eigenvalue weighted by Crippen LogP contribution is -2.43. The van der Waals surface area contributed by atoms with Crippen LogP contribution in [0.5, 0.6) is 0 Å². The molecule has 1 aromatic carbocycles. The van der Waals surface area contributed by atoms with E-state index in [9.17, 15) is 14.4 Å². The van der Waals surface area contributed by atoms with Crippen LogP contribution >= 0.6 is 0 Å².